The van der Waals surface area contributed by atoms with Gasteiger partial charge in [0.05, 0.1) is 18.1 Å². The molecule has 0 bridgehead atoms. The summed E-state index contributed by atoms with van der Waals surface area (Å²) in [6, 6.07) is 10.4. The first-order valence-corrected chi connectivity index (χ1v) is 11.0. The number of anilines is 2. The first-order valence-electron chi connectivity index (χ1n) is 9.26. The summed E-state index contributed by atoms with van der Waals surface area (Å²) in [5.74, 6) is 0.811. The molecule has 0 amide bonds. The van der Waals surface area contributed by atoms with E-state index in [4.69, 9.17) is 4.74 Å². The lowest BCUT2D eigenvalue weighted by molar-refractivity contribution is 0.0602. The first kappa shape index (κ1) is 19.5. The summed E-state index contributed by atoms with van der Waals surface area (Å²) >= 11 is 3.09. The van der Waals surface area contributed by atoms with Gasteiger partial charge in [-0.25, -0.2) is 14.8 Å². The quantitative estimate of drug-likeness (QED) is 0.377. The van der Waals surface area contributed by atoms with Crippen LogP contribution in [0.5, 0.6) is 0 Å². The zero-order chi connectivity index (χ0) is 20.5. The molecule has 0 aliphatic heterocycles. The van der Waals surface area contributed by atoms with Gasteiger partial charge in [-0.3, -0.25) is 0 Å². The van der Waals surface area contributed by atoms with E-state index in [9.17, 15) is 4.79 Å². The summed E-state index contributed by atoms with van der Waals surface area (Å²) in [5.41, 5.74) is 4.02. The van der Waals surface area contributed by atoms with Crippen molar-refractivity contribution in [3.8, 4) is 11.1 Å². The molecule has 29 heavy (non-hydrogen) atoms. The van der Waals surface area contributed by atoms with Crippen LogP contribution >= 0.6 is 22.7 Å². The maximum atomic E-state index is 12.1. The molecule has 3 heterocycles. The van der Waals surface area contributed by atoms with Gasteiger partial charge in [0, 0.05) is 15.8 Å². The number of carbonyl (C=O) groups excluding carboxylic acids is 1. The fraction of sp³-hybridized carbons (Fsp3) is 0.227. The highest BCUT2D eigenvalue weighted by molar-refractivity contribution is 7.17. The minimum Gasteiger partial charge on any atom is -0.465 e. The molecule has 0 atom stereocenters. The van der Waals surface area contributed by atoms with E-state index in [1.807, 2.05) is 13.0 Å². The Bertz CT molecular complexity index is 1180. The van der Waals surface area contributed by atoms with Crippen LogP contribution in [0.25, 0.3) is 21.3 Å². The van der Waals surface area contributed by atoms with E-state index in [-0.39, 0.29) is 5.97 Å². The van der Waals surface area contributed by atoms with Gasteiger partial charge in [-0.05, 0) is 30.0 Å². The van der Waals surface area contributed by atoms with Gasteiger partial charge in [-0.1, -0.05) is 38.1 Å². The molecule has 0 aliphatic carbocycles. The fourth-order valence-electron chi connectivity index (χ4n) is 3.21. The van der Waals surface area contributed by atoms with E-state index in [1.165, 1.54) is 24.0 Å². The number of hydrogen-bond acceptors (Lipinski definition) is 7. The van der Waals surface area contributed by atoms with Crippen molar-refractivity contribution in [3.63, 3.8) is 0 Å². The second-order valence-corrected chi connectivity index (χ2v) is 9.16. The van der Waals surface area contributed by atoms with E-state index in [0.717, 1.165) is 31.2 Å². The van der Waals surface area contributed by atoms with Crippen molar-refractivity contribution in [2.45, 2.75) is 26.7 Å². The monoisotopic (exact) mass is 423 g/mol. The van der Waals surface area contributed by atoms with Crippen LogP contribution in [0.15, 0.2) is 42.0 Å². The number of hydrogen-bond donors (Lipinski definition) is 1. The Kier molecular flexibility index (Phi) is 5.34. The second kappa shape index (κ2) is 7.93. The summed E-state index contributed by atoms with van der Waals surface area (Å²) in [7, 11) is 1.39. The van der Waals surface area contributed by atoms with Gasteiger partial charge >= 0.3 is 5.97 Å². The number of esters is 1. The lowest BCUT2D eigenvalue weighted by Crippen LogP contribution is -2.03. The number of nitrogens with zero attached hydrogens (tertiary/aromatic N) is 2. The molecule has 4 rings (SSSR count). The van der Waals surface area contributed by atoms with Crippen molar-refractivity contribution in [3.05, 3.63) is 58.0 Å². The van der Waals surface area contributed by atoms with Crippen LogP contribution in [0.1, 0.15) is 40.6 Å². The largest absolute Gasteiger partial charge is 0.465 e. The van der Waals surface area contributed by atoms with Crippen LogP contribution in [-0.2, 0) is 4.74 Å². The average molecular weight is 424 g/mol. The third kappa shape index (κ3) is 3.75. The van der Waals surface area contributed by atoms with E-state index >= 15 is 0 Å². The summed E-state index contributed by atoms with van der Waals surface area (Å²) in [6.07, 6.45) is 1.55. The molecule has 0 unspecified atom stereocenters. The van der Waals surface area contributed by atoms with Crippen LogP contribution in [0.3, 0.4) is 0 Å². The molecular weight excluding hydrogens is 402 g/mol. The maximum absolute atomic E-state index is 12.1. The highest BCUT2D eigenvalue weighted by Gasteiger charge is 2.19. The molecule has 0 saturated heterocycles. The van der Waals surface area contributed by atoms with Crippen molar-refractivity contribution in [1.82, 2.24) is 9.97 Å². The molecule has 0 spiro atoms. The molecule has 0 saturated carbocycles. The van der Waals surface area contributed by atoms with Gasteiger partial charge in [0.25, 0.3) is 0 Å². The van der Waals surface area contributed by atoms with Crippen LogP contribution in [0, 0.1) is 6.92 Å². The molecule has 1 aromatic carbocycles. The van der Waals surface area contributed by atoms with Crippen molar-refractivity contribution < 1.29 is 9.53 Å². The molecule has 3 aromatic heterocycles. The molecule has 0 radical (unpaired) electrons. The Morgan fingerprint density at radius 2 is 1.93 bits per heavy atom. The Morgan fingerprint density at radius 3 is 2.62 bits per heavy atom. The van der Waals surface area contributed by atoms with E-state index in [1.54, 1.807) is 17.7 Å². The third-order valence-electron chi connectivity index (χ3n) is 4.75. The number of thiophene rings is 2. The molecule has 0 fully saturated rings. The van der Waals surface area contributed by atoms with Crippen molar-refractivity contribution in [2.75, 3.05) is 12.4 Å². The fourth-order valence-corrected chi connectivity index (χ4v) is 5.02. The number of methoxy groups -OCH3 is 1. The topological polar surface area (TPSA) is 64.1 Å². The lowest BCUT2D eigenvalue weighted by atomic mass is 9.99. The number of ether oxygens (including phenoxy) is 1. The van der Waals surface area contributed by atoms with Gasteiger partial charge in [0.2, 0.25) is 0 Å². The summed E-state index contributed by atoms with van der Waals surface area (Å²) in [4.78, 5) is 23.0. The Morgan fingerprint density at radius 1 is 1.17 bits per heavy atom. The maximum Gasteiger partial charge on any atom is 0.340 e. The van der Waals surface area contributed by atoms with Crippen LogP contribution in [0.2, 0.25) is 0 Å². The molecule has 1 N–H and O–H groups in total. The number of benzene rings is 1. The third-order valence-corrected chi connectivity index (χ3v) is 6.60. The van der Waals surface area contributed by atoms with E-state index < -0.39 is 0 Å². The predicted molar refractivity (Wildman–Crippen MR) is 121 cm³/mol. The summed E-state index contributed by atoms with van der Waals surface area (Å²) in [5, 5.41) is 7.14. The SMILES string of the molecule is COC(=O)c1cc(C)sc1Nc1ncnc2scc(-c3ccc(C(C)C)cc3)c12. The molecule has 148 valence electrons. The van der Waals surface area contributed by atoms with Crippen LogP contribution < -0.4 is 5.32 Å². The molecule has 5 nitrogen and oxygen atoms in total. The number of aromatic nitrogens is 2. The van der Waals surface area contributed by atoms with Crippen molar-refractivity contribution >= 4 is 49.7 Å². The van der Waals surface area contributed by atoms with Crippen LogP contribution in [-0.4, -0.2) is 23.0 Å². The lowest BCUT2D eigenvalue weighted by Gasteiger charge is -2.09. The number of nitrogens with one attached hydrogen (secondary N) is 1. The highest BCUT2D eigenvalue weighted by atomic mass is 32.1. The smallest absolute Gasteiger partial charge is 0.340 e. The zero-order valence-electron chi connectivity index (χ0n) is 16.6. The van der Waals surface area contributed by atoms with Crippen LogP contribution in [0.4, 0.5) is 10.8 Å². The Balaban J connectivity index is 1.79. The molecule has 0 aliphatic rings. The van der Waals surface area contributed by atoms with Gasteiger partial charge < -0.3 is 10.1 Å². The number of rotatable bonds is 5. The second-order valence-electron chi connectivity index (χ2n) is 7.04. The molecule has 7 heteroatoms. The molecular formula is C22H21N3O2S2. The normalized spacial score (nSPS) is 11.2. The van der Waals surface area contributed by atoms with Gasteiger partial charge in [0.15, 0.2) is 0 Å². The highest BCUT2D eigenvalue weighted by Crippen LogP contribution is 2.39. The first-order chi connectivity index (χ1) is 14.0. The predicted octanol–water partition coefficient (Wildman–Crippen LogP) is 6.38. The standard InChI is InChI=1S/C22H21N3O2S2/c1-12(2)14-5-7-15(8-6-14)17-10-28-21-18(17)19(23-11-24-21)25-20-16(22(26)27-4)9-13(3)29-20/h5-12H,1-4H3,(H,23,24,25). The van der Waals surface area contributed by atoms with E-state index in [0.29, 0.717) is 17.3 Å². The molecule has 4 aromatic rings. The minimum atomic E-state index is -0.364. The number of fused-ring (bicyclic) bond motifs is 1. The van der Waals surface area contributed by atoms with Gasteiger partial charge in [0.1, 0.15) is 22.0 Å². The zero-order valence-corrected chi connectivity index (χ0v) is 18.3. The Labute approximate surface area is 177 Å². The summed E-state index contributed by atoms with van der Waals surface area (Å²) in [6.45, 7) is 6.34. The van der Waals surface area contributed by atoms with Gasteiger partial charge in [-0.2, -0.15) is 0 Å². The van der Waals surface area contributed by atoms with E-state index in [2.05, 4.69) is 58.8 Å². The van der Waals surface area contributed by atoms with Crippen molar-refractivity contribution in [1.29, 1.82) is 0 Å². The number of carbonyl (C=O) groups is 1. The average Bonchev–Trinajstić information content (AvgIpc) is 3.31. The number of aryl methyl sites for hydroxylation is 1. The summed E-state index contributed by atoms with van der Waals surface area (Å²) < 4.78 is 4.92. The Hall–Kier alpha value is -2.77. The van der Waals surface area contributed by atoms with Crippen molar-refractivity contribution in [2.24, 2.45) is 0 Å². The minimum absolute atomic E-state index is 0.364. The van der Waals surface area contributed by atoms with Gasteiger partial charge in [-0.15, -0.1) is 22.7 Å².